The highest BCUT2D eigenvalue weighted by atomic mass is 16.4. The molecule has 2 heterocycles. The van der Waals surface area contributed by atoms with Crippen molar-refractivity contribution in [1.82, 2.24) is 4.90 Å². The number of carbonyl (C=O) groups excluding carboxylic acids is 1. The van der Waals surface area contributed by atoms with Crippen molar-refractivity contribution in [3.05, 3.63) is 23.9 Å². The van der Waals surface area contributed by atoms with Crippen molar-refractivity contribution in [2.45, 2.75) is 25.8 Å². The molecular formula is C11H12N2O3. The van der Waals surface area contributed by atoms with Gasteiger partial charge in [0.25, 0.3) is 5.91 Å². The number of fused-ring (bicyclic) bond motifs is 1. The summed E-state index contributed by atoms with van der Waals surface area (Å²) in [6.45, 7) is 3.49. The van der Waals surface area contributed by atoms with Crippen LogP contribution in [0.1, 0.15) is 20.3 Å². The molecule has 84 valence electrons. The number of carboxylic acid groups (broad SMARTS) is 1. The number of carbonyl (C=O) groups is 2. The summed E-state index contributed by atoms with van der Waals surface area (Å²) in [6.07, 6.45) is 5.06. The predicted molar refractivity (Wildman–Crippen MR) is 57.8 cm³/mol. The van der Waals surface area contributed by atoms with Crippen LogP contribution in [0, 0.1) is 0 Å². The zero-order valence-electron chi connectivity index (χ0n) is 9.10. The normalized spacial score (nSPS) is 27.6. The maximum atomic E-state index is 11.7. The first-order chi connectivity index (χ1) is 7.43. The average molecular weight is 220 g/mol. The minimum atomic E-state index is -1.09. The highest BCUT2D eigenvalue weighted by Crippen LogP contribution is 2.31. The van der Waals surface area contributed by atoms with E-state index in [4.69, 9.17) is 5.11 Å². The van der Waals surface area contributed by atoms with Gasteiger partial charge < -0.3 is 10.0 Å². The molecule has 1 atom stereocenters. The van der Waals surface area contributed by atoms with E-state index < -0.39 is 17.4 Å². The van der Waals surface area contributed by atoms with Crippen LogP contribution >= 0.6 is 0 Å². The van der Waals surface area contributed by atoms with Gasteiger partial charge in [0.2, 0.25) is 0 Å². The number of hydrogen-bond acceptors (Lipinski definition) is 3. The molecule has 2 rings (SSSR count). The molecule has 0 saturated heterocycles. The number of amides is 1. The number of rotatable bonds is 2. The molecule has 5 nitrogen and oxygen atoms in total. The van der Waals surface area contributed by atoms with Gasteiger partial charge in [0, 0.05) is 6.20 Å². The molecule has 0 spiro atoms. The number of aliphatic imine (C=N–C) groups is 1. The van der Waals surface area contributed by atoms with E-state index in [1.807, 2.05) is 13.0 Å². The minimum Gasteiger partial charge on any atom is -0.481 e. The van der Waals surface area contributed by atoms with Gasteiger partial charge >= 0.3 is 5.97 Å². The topological polar surface area (TPSA) is 70.0 Å². The van der Waals surface area contributed by atoms with E-state index in [-0.39, 0.29) is 6.42 Å². The Morgan fingerprint density at radius 3 is 2.94 bits per heavy atom. The summed E-state index contributed by atoms with van der Waals surface area (Å²) in [5, 5.41) is 8.83. The average Bonchev–Trinajstić information content (AvgIpc) is 2.37. The smallest absolute Gasteiger partial charge is 0.306 e. The van der Waals surface area contributed by atoms with Crippen molar-refractivity contribution in [3.8, 4) is 0 Å². The second kappa shape index (κ2) is 3.30. The van der Waals surface area contributed by atoms with Crippen molar-refractivity contribution in [1.29, 1.82) is 0 Å². The molecule has 16 heavy (non-hydrogen) atoms. The van der Waals surface area contributed by atoms with Crippen LogP contribution in [-0.4, -0.2) is 33.3 Å². The van der Waals surface area contributed by atoms with Gasteiger partial charge in [0.1, 0.15) is 11.4 Å². The fourth-order valence-electron chi connectivity index (χ4n) is 1.88. The maximum Gasteiger partial charge on any atom is 0.306 e. The number of hydrogen-bond donors (Lipinski definition) is 1. The molecular weight excluding hydrogens is 208 g/mol. The zero-order valence-corrected chi connectivity index (χ0v) is 9.10. The molecule has 1 amide bonds. The van der Waals surface area contributed by atoms with Gasteiger partial charge in [0.05, 0.1) is 6.42 Å². The van der Waals surface area contributed by atoms with Gasteiger partial charge in [-0.3, -0.25) is 9.59 Å². The summed E-state index contributed by atoms with van der Waals surface area (Å²) in [4.78, 5) is 28.0. The summed E-state index contributed by atoms with van der Waals surface area (Å²) in [6, 6.07) is 0. The SMILES string of the molecule is CC1=CC2=NC(=O)[C@](C)(CC(=O)O)N2C=C1. The van der Waals surface area contributed by atoms with E-state index in [9.17, 15) is 9.59 Å². The van der Waals surface area contributed by atoms with Crippen LogP contribution in [0.3, 0.4) is 0 Å². The summed E-state index contributed by atoms with van der Waals surface area (Å²) in [5.74, 6) is -0.888. The van der Waals surface area contributed by atoms with Gasteiger partial charge in [-0.1, -0.05) is 0 Å². The quantitative estimate of drug-likeness (QED) is 0.751. The van der Waals surface area contributed by atoms with E-state index in [2.05, 4.69) is 4.99 Å². The Hall–Kier alpha value is -1.91. The van der Waals surface area contributed by atoms with Gasteiger partial charge in [-0.2, -0.15) is 4.99 Å². The van der Waals surface area contributed by atoms with Crippen molar-refractivity contribution in [2.24, 2.45) is 4.99 Å². The molecule has 0 fully saturated rings. The Balaban J connectivity index is 2.37. The Labute approximate surface area is 92.8 Å². The first kappa shape index (κ1) is 10.6. The molecule has 0 aliphatic carbocycles. The Morgan fingerprint density at radius 2 is 2.31 bits per heavy atom. The van der Waals surface area contributed by atoms with Crippen molar-refractivity contribution < 1.29 is 14.7 Å². The fraction of sp³-hybridized carbons (Fsp3) is 0.364. The summed E-state index contributed by atoms with van der Waals surface area (Å²) < 4.78 is 0. The summed E-state index contributed by atoms with van der Waals surface area (Å²) in [5.41, 5.74) is -0.100. The Kier molecular flexibility index (Phi) is 2.18. The molecule has 5 heteroatoms. The molecule has 0 bridgehead atoms. The molecule has 2 aliphatic rings. The third kappa shape index (κ3) is 1.44. The number of nitrogens with zero attached hydrogens (tertiary/aromatic N) is 2. The first-order valence-corrected chi connectivity index (χ1v) is 4.94. The second-order valence-electron chi connectivity index (χ2n) is 4.19. The number of carboxylic acids is 1. The molecule has 0 radical (unpaired) electrons. The van der Waals surface area contributed by atoms with Crippen LogP contribution in [0.25, 0.3) is 0 Å². The van der Waals surface area contributed by atoms with Gasteiger partial charge in [-0.05, 0) is 31.6 Å². The molecule has 0 saturated carbocycles. The molecule has 1 N–H and O–H groups in total. The van der Waals surface area contributed by atoms with E-state index in [1.54, 1.807) is 24.1 Å². The highest BCUT2D eigenvalue weighted by Gasteiger charge is 2.47. The van der Waals surface area contributed by atoms with Crippen LogP contribution in [0.4, 0.5) is 0 Å². The molecule has 0 unspecified atom stereocenters. The monoisotopic (exact) mass is 220 g/mol. The predicted octanol–water partition coefficient (Wildman–Crippen LogP) is 0.934. The van der Waals surface area contributed by atoms with E-state index in [0.717, 1.165) is 5.57 Å². The highest BCUT2D eigenvalue weighted by molar-refractivity contribution is 6.13. The molecule has 0 aromatic heterocycles. The maximum absolute atomic E-state index is 11.7. The molecule has 2 aliphatic heterocycles. The Morgan fingerprint density at radius 1 is 1.62 bits per heavy atom. The van der Waals surface area contributed by atoms with E-state index in [0.29, 0.717) is 5.84 Å². The van der Waals surface area contributed by atoms with Crippen molar-refractivity contribution >= 4 is 17.7 Å². The number of aliphatic carboxylic acids is 1. The molecule has 0 aromatic carbocycles. The van der Waals surface area contributed by atoms with E-state index >= 15 is 0 Å². The first-order valence-electron chi connectivity index (χ1n) is 4.94. The Bertz CT molecular complexity index is 462. The third-order valence-corrected chi connectivity index (χ3v) is 2.79. The van der Waals surface area contributed by atoms with E-state index in [1.165, 1.54) is 0 Å². The summed E-state index contributed by atoms with van der Waals surface area (Å²) in [7, 11) is 0. The number of allylic oxidation sites excluding steroid dienone is 2. The zero-order chi connectivity index (χ0) is 11.9. The third-order valence-electron chi connectivity index (χ3n) is 2.79. The lowest BCUT2D eigenvalue weighted by molar-refractivity contribution is -0.142. The van der Waals surface area contributed by atoms with Crippen LogP contribution in [-0.2, 0) is 9.59 Å². The lowest BCUT2D eigenvalue weighted by atomic mass is 9.95. The largest absolute Gasteiger partial charge is 0.481 e. The summed E-state index contributed by atoms with van der Waals surface area (Å²) >= 11 is 0. The lowest BCUT2D eigenvalue weighted by Crippen LogP contribution is -2.48. The second-order valence-corrected chi connectivity index (χ2v) is 4.19. The van der Waals surface area contributed by atoms with Gasteiger partial charge in [-0.15, -0.1) is 0 Å². The van der Waals surface area contributed by atoms with Crippen molar-refractivity contribution in [2.75, 3.05) is 0 Å². The molecule has 0 aromatic rings. The standard InChI is InChI=1S/C11H12N2O3/c1-7-3-4-13-8(5-7)12-10(16)11(13,2)6-9(14)15/h3-5H,6H2,1-2H3,(H,14,15)/t11-/m0/s1. The van der Waals surface area contributed by atoms with Crippen LogP contribution < -0.4 is 0 Å². The lowest BCUT2D eigenvalue weighted by Gasteiger charge is -2.32. The van der Waals surface area contributed by atoms with Crippen LogP contribution in [0.5, 0.6) is 0 Å². The van der Waals surface area contributed by atoms with Crippen molar-refractivity contribution in [3.63, 3.8) is 0 Å². The van der Waals surface area contributed by atoms with Crippen LogP contribution in [0.15, 0.2) is 28.9 Å². The minimum absolute atomic E-state index is 0.254. The van der Waals surface area contributed by atoms with Crippen LogP contribution in [0.2, 0.25) is 0 Å². The van der Waals surface area contributed by atoms with Gasteiger partial charge in [-0.25, -0.2) is 0 Å². The van der Waals surface area contributed by atoms with Gasteiger partial charge in [0.15, 0.2) is 0 Å². The number of amidine groups is 1. The fourth-order valence-corrected chi connectivity index (χ4v) is 1.88.